The molecule has 0 aliphatic rings. The van der Waals surface area contributed by atoms with Crippen molar-refractivity contribution < 1.29 is 4.79 Å². The highest BCUT2D eigenvalue weighted by Gasteiger charge is 2.33. The summed E-state index contributed by atoms with van der Waals surface area (Å²) in [4.78, 5) is 12.4. The van der Waals surface area contributed by atoms with Crippen LogP contribution in [0.1, 0.15) is 45.7 Å². The highest BCUT2D eigenvalue weighted by Crippen LogP contribution is 2.32. The second kappa shape index (κ2) is 6.23. The number of aryl methyl sites for hydroxylation is 1. The molecule has 0 fully saturated rings. The molecule has 1 unspecified atom stereocenters. The van der Waals surface area contributed by atoms with Crippen molar-refractivity contribution in [2.45, 2.75) is 48.1 Å². The first-order valence-electron chi connectivity index (χ1n) is 7.05. The molecule has 1 atom stereocenters. The van der Waals surface area contributed by atoms with E-state index in [0.29, 0.717) is 12.5 Å². The third-order valence-corrected chi connectivity index (χ3v) is 3.47. The molecule has 0 aliphatic heterocycles. The van der Waals surface area contributed by atoms with Crippen molar-refractivity contribution in [2.24, 2.45) is 17.3 Å². The van der Waals surface area contributed by atoms with Crippen molar-refractivity contribution in [2.75, 3.05) is 0 Å². The van der Waals surface area contributed by atoms with Gasteiger partial charge in [-0.15, -0.1) is 0 Å². The number of rotatable bonds is 4. The van der Waals surface area contributed by atoms with Gasteiger partial charge in [-0.05, 0) is 23.8 Å². The number of hydrogen-bond donors (Lipinski definition) is 1. The maximum Gasteiger partial charge on any atom is 0.224 e. The Bertz CT molecular complexity index is 412. The predicted molar refractivity (Wildman–Crippen MR) is 80.8 cm³/mol. The molecule has 0 heterocycles. The van der Waals surface area contributed by atoms with Crippen LogP contribution in [-0.2, 0) is 11.3 Å². The molecule has 2 heteroatoms. The molecule has 0 bridgehead atoms. The Kier molecular flexibility index (Phi) is 5.16. The van der Waals surface area contributed by atoms with E-state index in [-0.39, 0.29) is 17.2 Å². The molecular formula is C17H27NO. The van der Waals surface area contributed by atoms with E-state index in [4.69, 9.17) is 0 Å². The summed E-state index contributed by atoms with van der Waals surface area (Å²) >= 11 is 0. The molecule has 106 valence electrons. The zero-order valence-corrected chi connectivity index (χ0v) is 13.1. The van der Waals surface area contributed by atoms with Crippen LogP contribution in [0.25, 0.3) is 0 Å². The third kappa shape index (κ3) is 4.70. The Labute approximate surface area is 117 Å². The Hall–Kier alpha value is -1.31. The molecule has 1 N–H and O–H groups in total. The van der Waals surface area contributed by atoms with Crippen molar-refractivity contribution in [3.05, 3.63) is 35.4 Å². The summed E-state index contributed by atoms with van der Waals surface area (Å²) in [7, 11) is 0. The maximum absolute atomic E-state index is 12.4. The van der Waals surface area contributed by atoms with Crippen LogP contribution in [0.15, 0.2) is 24.3 Å². The monoisotopic (exact) mass is 261 g/mol. The topological polar surface area (TPSA) is 29.1 Å². The Morgan fingerprint density at radius 2 is 1.68 bits per heavy atom. The molecule has 1 aromatic rings. The van der Waals surface area contributed by atoms with E-state index in [2.05, 4.69) is 71.1 Å². The third-order valence-electron chi connectivity index (χ3n) is 3.47. The first kappa shape index (κ1) is 15.7. The molecule has 0 spiro atoms. The highest BCUT2D eigenvalue weighted by molar-refractivity contribution is 5.79. The number of carbonyl (C=O) groups is 1. The summed E-state index contributed by atoms with van der Waals surface area (Å²) in [5, 5.41) is 3.07. The van der Waals surface area contributed by atoms with Crippen molar-refractivity contribution in [3.8, 4) is 0 Å². The van der Waals surface area contributed by atoms with E-state index >= 15 is 0 Å². The fourth-order valence-electron chi connectivity index (χ4n) is 2.70. The van der Waals surface area contributed by atoms with E-state index in [0.717, 1.165) is 5.56 Å². The lowest BCUT2D eigenvalue weighted by atomic mass is 9.74. The Morgan fingerprint density at radius 3 is 2.11 bits per heavy atom. The zero-order chi connectivity index (χ0) is 14.6. The molecule has 0 radical (unpaired) electrons. The van der Waals surface area contributed by atoms with E-state index in [1.165, 1.54) is 5.56 Å². The van der Waals surface area contributed by atoms with Crippen molar-refractivity contribution >= 4 is 5.91 Å². The summed E-state index contributed by atoms with van der Waals surface area (Å²) in [6.07, 6.45) is 0. The van der Waals surface area contributed by atoms with Gasteiger partial charge in [0.1, 0.15) is 0 Å². The summed E-state index contributed by atoms with van der Waals surface area (Å²) in [6, 6.07) is 8.28. The highest BCUT2D eigenvalue weighted by atomic mass is 16.1. The molecule has 0 aromatic heterocycles. The number of carbonyl (C=O) groups excluding carboxylic acids is 1. The molecular weight excluding hydrogens is 234 g/mol. The number of benzene rings is 1. The maximum atomic E-state index is 12.4. The fraction of sp³-hybridized carbons (Fsp3) is 0.588. The van der Waals surface area contributed by atoms with Gasteiger partial charge in [0, 0.05) is 12.5 Å². The largest absolute Gasteiger partial charge is 0.352 e. The first-order chi connectivity index (χ1) is 8.71. The minimum Gasteiger partial charge on any atom is -0.352 e. The van der Waals surface area contributed by atoms with Gasteiger partial charge < -0.3 is 5.32 Å². The number of nitrogens with one attached hydrogen (secondary N) is 1. The van der Waals surface area contributed by atoms with Gasteiger partial charge in [0.25, 0.3) is 0 Å². The Balaban J connectivity index is 2.65. The lowest BCUT2D eigenvalue weighted by Crippen LogP contribution is -2.40. The van der Waals surface area contributed by atoms with Crippen LogP contribution >= 0.6 is 0 Å². The van der Waals surface area contributed by atoms with Crippen LogP contribution in [0.4, 0.5) is 0 Å². The van der Waals surface area contributed by atoms with Crippen molar-refractivity contribution in [3.63, 3.8) is 0 Å². The van der Waals surface area contributed by atoms with Gasteiger partial charge in [-0.3, -0.25) is 4.79 Å². The minimum absolute atomic E-state index is 0.00841. The van der Waals surface area contributed by atoms with Crippen LogP contribution in [0, 0.1) is 24.2 Å². The molecule has 0 saturated heterocycles. The van der Waals surface area contributed by atoms with E-state index in [1.54, 1.807) is 0 Å². The van der Waals surface area contributed by atoms with E-state index in [1.807, 2.05) is 0 Å². The SMILES string of the molecule is Cc1ccc(CNC(=O)C(C(C)C)C(C)(C)C)cc1. The van der Waals surface area contributed by atoms with Gasteiger partial charge in [0.05, 0.1) is 0 Å². The van der Waals surface area contributed by atoms with Gasteiger partial charge in [-0.1, -0.05) is 64.4 Å². The van der Waals surface area contributed by atoms with Gasteiger partial charge >= 0.3 is 0 Å². The van der Waals surface area contributed by atoms with E-state index < -0.39 is 0 Å². The van der Waals surface area contributed by atoms with Crippen molar-refractivity contribution in [1.82, 2.24) is 5.32 Å². The smallest absolute Gasteiger partial charge is 0.224 e. The van der Waals surface area contributed by atoms with Crippen molar-refractivity contribution in [1.29, 1.82) is 0 Å². The van der Waals surface area contributed by atoms with Crippen LogP contribution in [0.3, 0.4) is 0 Å². The quantitative estimate of drug-likeness (QED) is 0.874. The van der Waals surface area contributed by atoms with E-state index in [9.17, 15) is 4.79 Å². The lowest BCUT2D eigenvalue weighted by molar-refractivity contribution is -0.130. The standard InChI is InChI=1S/C17H27NO/c1-12(2)15(17(4,5)6)16(19)18-11-14-9-7-13(3)8-10-14/h7-10,12,15H,11H2,1-6H3,(H,18,19). The Morgan fingerprint density at radius 1 is 1.16 bits per heavy atom. The zero-order valence-electron chi connectivity index (χ0n) is 13.1. The number of amides is 1. The summed E-state index contributed by atoms with van der Waals surface area (Å²) in [5.41, 5.74) is 2.38. The minimum atomic E-state index is -0.00841. The second-order valence-electron chi connectivity index (χ2n) is 6.79. The summed E-state index contributed by atoms with van der Waals surface area (Å²) < 4.78 is 0. The number of hydrogen-bond acceptors (Lipinski definition) is 1. The molecule has 1 aromatic carbocycles. The normalized spacial score (nSPS) is 13.4. The van der Waals surface area contributed by atoms with Gasteiger partial charge in [-0.2, -0.15) is 0 Å². The van der Waals surface area contributed by atoms with Gasteiger partial charge in [0.15, 0.2) is 0 Å². The molecule has 1 amide bonds. The average molecular weight is 261 g/mol. The molecule has 19 heavy (non-hydrogen) atoms. The average Bonchev–Trinajstić information content (AvgIpc) is 2.25. The lowest BCUT2D eigenvalue weighted by Gasteiger charge is -2.32. The second-order valence-corrected chi connectivity index (χ2v) is 6.79. The first-order valence-corrected chi connectivity index (χ1v) is 7.05. The van der Waals surface area contributed by atoms with Crippen LogP contribution in [0.2, 0.25) is 0 Å². The fourth-order valence-corrected chi connectivity index (χ4v) is 2.70. The summed E-state index contributed by atoms with van der Waals surface area (Å²) in [6.45, 7) is 13.3. The molecule has 0 saturated carbocycles. The molecule has 2 nitrogen and oxygen atoms in total. The van der Waals surface area contributed by atoms with Crippen LogP contribution in [-0.4, -0.2) is 5.91 Å². The van der Waals surface area contributed by atoms with Crippen LogP contribution < -0.4 is 5.32 Å². The summed E-state index contributed by atoms with van der Waals surface area (Å²) in [5.74, 6) is 0.541. The van der Waals surface area contributed by atoms with Gasteiger partial charge in [0.2, 0.25) is 5.91 Å². The van der Waals surface area contributed by atoms with Crippen LogP contribution in [0.5, 0.6) is 0 Å². The van der Waals surface area contributed by atoms with Gasteiger partial charge in [-0.25, -0.2) is 0 Å². The molecule has 0 aliphatic carbocycles. The predicted octanol–water partition coefficient (Wildman–Crippen LogP) is 3.93. The molecule has 1 rings (SSSR count).